The molecule has 4 nitrogen and oxygen atoms in total. The summed E-state index contributed by atoms with van der Waals surface area (Å²) in [6.07, 6.45) is 0. The normalized spacial score (nSPS) is 6.50. The number of rotatable bonds is 1. The van der Waals surface area contributed by atoms with E-state index in [1.165, 1.54) is 6.92 Å². The standard InChI is InChI=1S/C4H8O2.H4N2/c1-3-6-4(2)5;1-2/h3H2,1-2H3;1-2H2. The maximum Gasteiger partial charge on any atom is 0.302 e. The van der Waals surface area contributed by atoms with Crippen LogP contribution in [-0.4, -0.2) is 12.6 Å². The van der Waals surface area contributed by atoms with Gasteiger partial charge in [-0.3, -0.25) is 16.5 Å². The van der Waals surface area contributed by atoms with Gasteiger partial charge in [0.25, 0.3) is 0 Å². The smallest absolute Gasteiger partial charge is 0.302 e. The molecule has 0 unspecified atom stereocenters. The van der Waals surface area contributed by atoms with Crippen molar-refractivity contribution >= 4 is 5.97 Å². The van der Waals surface area contributed by atoms with Crippen LogP contribution in [0.1, 0.15) is 13.8 Å². The Labute approximate surface area is 48.8 Å². The molecule has 0 bridgehead atoms. The topological polar surface area (TPSA) is 78.3 Å². The minimum atomic E-state index is -0.211. The zero-order valence-corrected chi connectivity index (χ0v) is 5.18. The summed E-state index contributed by atoms with van der Waals surface area (Å²) >= 11 is 0. The first-order valence-corrected chi connectivity index (χ1v) is 2.24. The van der Waals surface area contributed by atoms with Gasteiger partial charge in [-0.15, -0.1) is 0 Å². The molecular weight excluding hydrogens is 108 g/mol. The van der Waals surface area contributed by atoms with Crippen molar-refractivity contribution in [3.63, 3.8) is 0 Å². The molecule has 0 aliphatic rings. The van der Waals surface area contributed by atoms with Gasteiger partial charge in [0.2, 0.25) is 0 Å². The van der Waals surface area contributed by atoms with Crippen molar-refractivity contribution in [2.75, 3.05) is 6.61 Å². The van der Waals surface area contributed by atoms with Gasteiger partial charge in [0, 0.05) is 6.92 Å². The fraction of sp³-hybridized carbons (Fsp3) is 0.750. The van der Waals surface area contributed by atoms with E-state index in [0.29, 0.717) is 6.61 Å². The van der Waals surface area contributed by atoms with Crippen LogP contribution in [0.15, 0.2) is 0 Å². The Balaban J connectivity index is 0. The maximum absolute atomic E-state index is 9.82. The Morgan fingerprint density at radius 2 is 2.00 bits per heavy atom. The van der Waals surface area contributed by atoms with Crippen molar-refractivity contribution < 1.29 is 9.53 Å². The lowest BCUT2D eigenvalue weighted by Crippen LogP contribution is -2.02. The lowest BCUT2D eigenvalue weighted by atomic mass is 10.8. The van der Waals surface area contributed by atoms with Crippen LogP contribution in [0.25, 0.3) is 0 Å². The number of hydrogen-bond donors (Lipinski definition) is 2. The molecule has 0 saturated heterocycles. The molecule has 8 heavy (non-hydrogen) atoms. The molecular formula is C4H12N2O2. The van der Waals surface area contributed by atoms with Crippen LogP contribution in [-0.2, 0) is 9.53 Å². The predicted molar refractivity (Wildman–Crippen MR) is 30.7 cm³/mol. The molecule has 0 radical (unpaired) electrons. The average Bonchev–Trinajstić information content (AvgIpc) is 1.72. The number of esters is 1. The van der Waals surface area contributed by atoms with E-state index in [1.807, 2.05) is 0 Å². The van der Waals surface area contributed by atoms with Crippen molar-refractivity contribution in [2.45, 2.75) is 13.8 Å². The molecule has 0 aromatic heterocycles. The Kier molecular flexibility index (Phi) is 12.5. The number of hydrazine groups is 1. The number of carbonyl (C=O) groups excluding carboxylic acids is 1. The number of ether oxygens (including phenoxy) is 1. The quantitative estimate of drug-likeness (QED) is 0.275. The highest BCUT2D eigenvalue weighted by Gasteiger charge is 1.81. The van der Waals surface area contributed by atoms with Gasteiger partial charge in [-0.05, 0) is 6.92 Å². The molecule has 0 saturated carbocycles. The van der Waals surface area contributed by atoms with E-state index >= 15 is 0 Å². The van der Waals surface area contributed by atoms with Crippen molar-refractivity contribution in [1.82, 2.24) is 0 Å². The molecule has 0 aliphatic carbocycles. The van der Waals surface area contributed by atoms with Gasteiger partial charge in [-0.1, -0.05) is 0 Å². The van der Waals surface area contributed by atoms with E-state index in [-0.39, 0.29) is 5.97 Å². The molecule has 0 rings (SSSR count). The van der Waals surface area contributed by atoms with Crippen LogP contribution < -0.4 is 11.7 Å². The lowest BCUT2D eigenvalue weighted by molar-refractivity contribution is -0.140. The van der Waals surface area contributed by atoms with Crippen molar-refractivity contribution in [3.05, 3.63) is 0 Å². The Morgan fingerprint density at radius 1 is 1.62 bits per heavy atom. The minimum absolute atomic E-state index is 0.211. The first kappa shape index (κ1) is 10.4. The largest absolute Gasteiger partial charge is 0.466 e. The first-order chi connectivity index (χ1) is 3.77. The summed E-state index contributed by atoms with van der Waals surface area (Å²) in [5.74, 6) is 7.79. The van der Waals surface area contributed by atoms with Crippen LogP contribution in [0.5, 0.6) is 0 Å². The van der Waals surface area contributed by atoms with E-state index in [9.17, 15) is 4.79 Å². The van der Waals surface area contributed by atoms with E-state index in [2.05, 4.69) is 16.4 Å². The maximum atomic E-state index is 9.82. The molecule has 0 amide bonds. The Bertz CT molecular complexity index is 56.0. The van der Waals surface area contributed by atoms with Crippen molar-refractivity contribution in [3.8, 4) is 0 Å². The molecule has 4 heteroatoms. The zero-order chi connectivity index (χ0) is 6.99. The zero-order valence-electron chi connectivity index (χ0n) is 5.18. The molecule has 0 heterocycles. The summed E-state index contributed by atoms with van der Waals surface area (Å²) in [6, 6.07) is 0. The number of carbonyl (C=O) groups is 1. The van der Waals surface area contributed by atoms with E-state index in [4.69, 9.17) is 0 Å². The molecule has 4 N–H and O–H groups in total. The third-order valence-electron chi connectivity index (χ3n) is 0.348. The van der Waals surface area contributed by atoms with Gasteiger partial charge in [0.1, 0.15) is 0 Å². The van der Waals surface area contributed by atoms with Crippen LogP contribution in [0, 0.1) is 0 Å². The molecule has 0 aromatic carbocycles. The fourth-order valence-corrected chi connectivity index (χ4v) is 0.203. The third kappa shape index (κ3) is 18.2. The van der Waals surface area contributed by atoms with Crippen LogP contribution in [0.4, 0.5) is 0 Å². The molecule has 50 valence electrons. The van der Waals surface area contributed by atoms with Gasteiger partial charge in [0.05, 0.1) is 6.61 Å². The van der Waals surface area contributed by atoms with Crippen LogP contribution >= 0.6 is 0 Å². The van der Waals surface area contributed by atoms with E-state index < -0.39 is 0 Å². The highest BCUT2D eigenvalue weighted by molar-refractivity contribution is 5.65. The summed E-state index contributed by atoms with van der Waals surface area (Å²) < 4.78 is 4.40. The Morgan fingerprint density at radius 3 is 2.00 bits per heavy atom. The lowest BCUT2D eigenvalue weighted by Gasteiger charge is -1.89. The van der Waals surface area contributed by atoms with Gasteiger partial charge in [-0.2, -0.15) is 0 Å². The first-order valence-electron chi connectivity index (χ1n) is 2.24. The SMILES string of the molecule is CCOC(C)=O.NN. The monoisotopic (exact) mass is 120 g/mol. The number of nitrogens with two attached hydrogens (primary N) is 2. The highest BCUT2D eigenvalue weighted by atomic mass is 16.5. The second kappa shape index (κ2) is 9.63. The van der Waals surface area contributed by atoms with Gasteiger partial charge < -0.3 is 4.74 Å². The van der Waals surface area contributed by atoms with E-state index in [0.717, 1.165) is 0 Å². The van der Waals surface area contributed by atoms with Crippen molar-refractivity contribution in [1.29, 1.82) is 0 Å². The van der Waals surface area contributed by atoms with Crippen molar-refractivity contribution in [2.24, 2.45) is 11.7 Å². The summed E-state index contributed by atoms with van der Waals surface area (Å²) in [5.41, 5.74) is 0. The summed E-state index contributed by atoms with van der Waals surface area (Å²) in [6.45, 7) is 3.65. The summed E-state index contributed by atoms with van der Waals surface area (Å²) in [4.78, 5) is 9.82. The van der Waals surface area contributed by atoms with Gasteiger partial charge in [0.15, 0.2) is 0 Å². The summed E-state index contributed by atoms with van der Waals surface area (Å²) in [7, 11) is 0. The highest BCUT2D eigenvalue weighted by Crippen LogP contribution is 1.69. The van der Waals surface area contributed by atoms with Gasteiger partial charge >= 0.3 is 5.97 Å². The predicted octanol–water partition coefficient (Wildman–Crippen LogP) is -0.612. The van der Waals surface area contributed by atoms with Crippen LogP contribution in [0.3, 0.4) is 0 Å². The van der Waals surface area contributed by atoms with E-state index in [1.54, 1.807) is 6.92 Å². The minimum Gasteiger partial charge on any atom is -0.466 e. The van der Waals surface area contributed by atoms with Gasteiger partial charge in [-0.25, -0.2) is 0 Å². The Hall–Kier alpha value is -0.610. The molecule has 0 aromatic rings. The fourth-order valence-electron chi connectivity index (χ4n) is 0.203. The van der Waals surface area contributed by atoms with Crippen LogP contribution in [0.2, 0.25) is 0 Å². The average molecular weight is 120 g/mol. The molecule has 0 atom stereocenters. The number of hydrogen-bond acceptors (Lipinski definition) is 4. The third-order valence-corrected chi connectivity index (χ3v) is 0.348. The second-order valence-electron chi connectivity index (χ2n) is 0.925. The second-order valence-corrected chi connectivity index (χ2v) is 0.925. The molecule has 0 fully saturated rings. The molecule has 0 spiro atoms. The molecule has 0 aliphatic heterocycles. The summed E-state index contributed by atoms with van der Waals surface area (Å²) in [5, 5.41) is 0.